The third-order valence-corrected chi connectivity index (χ3v) is 3.49. The lowest BCUT2D eigenvalue weighted by atomic mass is 9.99. The minimum atomic E-state index is -0.276. The number of benzene rings is 1. The van der Waals surface area contributed by atoms with Gasteiger partial charge in [0.15, 0.2) is 0 Å². The number of piperidine rings is 1. The molecule has 92 valence electrons. The fourth-order valence-electron chi connectivity index (χ4n) is 2.67. The zero-order valence-electron chi connectivity index (χ0n) is 10.2. The summed E-state index contributed by atoms with van der Waals surface area (Å²) >= 11 is 0. The van der Waals surface area contributed by atoms with Crippen LogP contribution in [-0.2, 0) is 6.54 Å². The molecule has 0 aromatic heterocycles. The molecule has 0 bridgehead atoms. The Morgan fingerprint density at radius 3 is 2.94 bits per heavy atom. The van der Waals surface area contributed by atoms with Crippen molar-refractivity contribution >= 4 is 5.69 Å². The molecule has 1 aromatic rings. The fourth-order valence-corrected chi connectivity index (χ4v) is 2.67. The van der Waals surface area contributed by atoms with E-state index in [1.165, 1.54) is 17.7 Å². The number of nitrogens with zero attached hydrogens (tertiary/aromatic N) is 1. The van der Waals surface area contributed by atoms with Gasteiger partial charge in [-0.15, -0.1) is 0 Å². The average Bonchev–Trinajstić information content (AvgIpc) is 2.29. The van der Waals surface area contributed by atoms with Crippen molar-refractivity contribution in [2.45, 2.75) is 26.3 Å². The Bertz CT molecular complexity index is 406. The van der Waals surface area contributed by atoms with Crippen LogP contribution in [0.2, 0.25) is 0 Å². The molecule has 1 aliphatic rings. The highest BCUT2D eigenvalue weighted by Crippen LogP contribution is 2.16. The van der Waals surface area contributed by atoms with Crippen molar-refractivity contribution in [2.24, 2.45) is 5.92 Å². The summed E-state index contributed by atoms with van der Waals surface area (Å²) in [6.07, 6.45) is 2.53. The van der Waals surface area contributed by atoms with E-state index in [2.05, 4.69) is 6.92 Å². The topological polar surface area (TPSA) is 47.6 Å². The maximum atomic E-state index is 10.9. The fraction of sp³-hybridized carbons (Fsp3) is 0.538. The first-order valence-electron chi connectivity index (χ1n) is 6.22. The maximum absolute atomic E-state index is 10.9. The smallest absolute Gasteiger partial charge is 0.278 e. The van der Waals surface area contributed by atoms with Crippen LogP contribution in [0.25, 0.3) is 0 Å². The Morgan fingerprint density at radius 1 is 1.47 bits per heavy atom. The SMILES string of the molecule is C[C@H]1CCC[NH+](Cc2ccccc2[N+](=O)[O-])C1. The summed E-state index contributed by atoms with van der Waals surface area (Å²) in [6, 6.07) is 7.09. The predicted molar refractivity (Wildman–Crippen MR) is 65.9 cm³/mol. The van der Waals surface area contributed by atoms with Crippen LogP contribution in [0.1, 0.15) is 25.3 Å². The van der Waals surface area contributed by atoms with Crippen molar-refractivity contribution in [2.75, 3.05) is 13.1 Å². The lowest BCUT2D eigenvalue weighted by Gasteiger charge is -2.27. The summed E-state index contributed by atoms with van der Waals surface area (Å²) in [5.41, 5.74) is 1.12. The van der Waals surface area contributed by atoms with E-state index in [0.717, 1.165) is 31.1 Å². The molecule has 4 heteroatoms. The van der Waals surface area contributed by atoms with Gasteiger partial charge in [-0.2, -0.15) is 0 Å². The zero-order chi connectivity index (χ0) is 12.3. The monoisotopic (exact) mass is 235 g/mol. The number of hydrogen-bond acceptors (Lipinski definition) is 2. The van der Waals surface area contributed by atoms with Gasteiger partial charge in [-0.1, -0.05) is 19.1 Å². The minimum absolute atomic E-state index is 0.262. The van der Waals surface area contributed by atoms with Crippen LogP contribution in [-0.4, -0.2) is 18.0 Å². The van der Waals surface area contributed by atoms with Gasteiger partial charge in [0, 0.05) is 12.0 Å². The van der Waals surface area contributed by atoms with Crippen LogP contribution in [0.5, 0.6) is 0 Å². The van der Waals surface area contributed by atoms with Gasteiger partial charge in [-0.05, 0) is 18.9 Å². The maximum Gasteiger partial charge on any atom is 0.278 e. The van der Waals surface area contributed by atoms with Crippen molar-refractivity contribution in [3.8, 4) is 0 Å². The highest BCUT2D eigenvalue weighted by atomic mass is 16.6. The van der Waals surface area contributed by atoms with E-state index in [1.54, 1.807) is 12.1 Å². The number of para-hydroxylation sites is 1. The Labute approximate surface area is 101 Å². The van der Waals surface area contributed by atoms with E-state index in [9.17, 15) is 10.1 Å². The van der Waals surface area contributed by atoms with E-state index < -0.39 is 0 Å². The lowest BCUT2D eigenvalue weighted by molar-refractivity contribution is -0.922. The first-order valence-corrected chi connectivity index (χ1v) is 6.22. The van der Waals surface area contributed by atoms with Crippen molar-refractivity contribution in [3.63, 3.8) is 0 Å². The molecule has 1 aromatic carbocycles. The molecule has 1 saturated heterocycles. The second-order valence-corrected chi connectivity index (χ2v) is 5.01. The summed E-state index contributed by atoms with van der Waals surface area (Å²) in [4.78, 5) is 12.1. The van der Waals surface area contributed by atoms with Crippen LogP contribution < -0.4 is 4.90 Å². The van der Waals surface area contributed by atoms with Crippen LogP contribution in [0, 0.1) is 16.0 Å². The highest BCUT2D eigenvalue weighted by molar-refractivity contribution is 5.39. The second kappa shape index (κ2) is 5.27. The van der Waals surface area contributed by atoms with Crippen LogP contribution >= 0.6 is 0 Å². The Kier molecular flexibility index (Phi) is 3.74. The number of nitro benzene ring substituents is 1. The van der Waals surface area contributed by atoms with Gasteiger partial charge < -0.3 is 4.90 Å². The highest BCUT2D eigenvalue weighted by Gasteiger charge is 2.23. The number of likely N-dealkylation sites (tertiary alicyclic amines) is 1. The summed E-state index contributed by atoms with van der Waals surface area (Å²) in [7, 11) is 0. The quantitative estimate of drug-likeness (QED) is 0.636. The van der Waals surface area contributed by atoms with Gasteiger partial charge in [-0.25, -0.2) is 0 Å². The number of quaternary nitrogens is 1. The van der Waals surface area contributed by atoms with Gasteiger partial charge in [0.2, 0.25) is 0 Å². The summed E-state index contributed by atoms with van der Waals surface area (Å²) in [6.45, 7) is 5.31. The Hall–Kier alpha value is -1.42. The molecule has 0 radical (unpaired) electrons. The van der Waals surface area contributed by atoms with Gasteiger partial charge in [0.25, 0.3) is 5.69 Å². The number of rotatable bonds is 3. The minimum Gasteiger partial charge on any atom is -0.331 e. The van der Waals surface area contributed by atoms with Crippen molar-refractivity contribution in [3.05, 3.63) is 39.9 Å². The number of hydrogen-bond donors (Lipinski definition) is 1. The van der Waals surface area contributed by atoms with Crippen molar-refractivity contribution < 1.29 is 9.82 Å². The van der Waals surface area contributed by atoms with Crippen molar-refractivity contribution in [1.82, 2.24) is 0 Å². The standard InChI is InChI=1S/C13H18N2O2/c1-11-5-4-8-14(9-11)10-12-6-2-3-7-13(12)15(16)17/h2-3,6-7,11H,4-5,8-10H2,1H3/p+1/t11-/m0/s1. The molecule has 0 saturated carbocycles. The third-order valence-electron chi connectivity index (χ3n) is 3.49. The van der Waals surface area contributed by atoms with E-state index in [4.69, 9.17) is 0 Å². The Morgan fingerprint density at radius 2 is 2.24 bits per heavy atom. The molecular weight excluding hydrogens is 216 g/mol. The van der Waals surface area contributed by atoms with E-state index in [-0.39, 0.29) is 10.6 Å². The molecule has 2 atom stereocenters. The first-order chi connectivity index (χ1) is 8.16. The van der Waals surface area contributed by atoms with Crippen LogP contribution in [0.3, 0.4) is 0 Å². The normalized spacial score (nSPS) is 24.5. The molecule has 1 aliphatic heterocycles. The first kappa shape index (κ1) is 12.0. The zero-order valence-corrected chi connectivity index (χ0v) is 10.2. The van der Waals surface area contributed by atoms with Crippen LogP contribution in [0.4, 0.5) is 5.69 Å². The number of nitro groups is 1. The van der Waals surface area contributed by atoms with Crippen molar-refractivity contribution in [1.29, 1.82) is 0 Å². The molecule has 1 heterocycles. The van der Waals surface area contributed by atoms with Gasteiger partial charge in [-0.3, -0.25) is 10.1 Å². The molecule has 17 heavy (non-hydrogen) atoms. The molecule has 2 rings (SSSR count). The molecule has 1 N–H and O–H groups in total. The molecule has 1 fully saturated rings. The predicted octanol–water partition coefficient (Wildman–Crippen LogP) is 1.41. The largest absolute Gasteiger partial charge is 0.331 e. The lowest BCUT2D eigenvalue weighted by Crippen LogP contribution is -3.12. The third kappa shape index (κ3) is 3.03. The average molecular weight is 235 g/mol. The molecule has 4 nitrogen and oxygen atoms in total. The number of nitrogens with one attached hydrogen (secondary N) is 1. The van der Waals surface area contributed by atoms with Crippen LogP contribution in [0.15, 0.2) is 24.3 Å². The Balaban J connectivity index is 2.10. The summed E-state index contributed by atoms with van der Waals surface area (Å²) in [5.74, 6) is 0.738. The second-order valence-electron chi connectivity index (χ2n) is 5.01. The van der Waals surface area contributed by atoms with E-state index in [1.807, 2.05) is 12.1 Å². The molecule has 1 unspecified atom stereocenters. The van der Waals surface area contributed by atoms with Gasteiger partial charge >= 0.3 is 0 Å². The molecule has 0 aliphatic carbocycles. The summed E-state index contributed by atoms with van der Waals surface area (Å²) in [5, 5.41) is 10.9. The van der Waals surface area contributed by atoms with Gasteiger partial charge in [0.1, 0.15) is 6.54 Å². The van der Waals surface area contributed by atoms with Gasteiger partial charge in [0.05, 0.1) is 23.6 Å². The van der Waals surface area contributed by atoms with E-state index in [0.29, 0.717) is 0 Å². The molecular formula is C13H19N2O2+. The van der Waals surface area contributed by atoms with E-state index >= 15 is 0 Å². The molecule has 0 amide bonds. The summed E-state index contributed by atoms with van der Waals surface area (Å²) < 4.78 is 0. The molecule has 0 spiro atoms.